The number of benzene rings is 1. The first-order chi connectivity index (χ1) is 11.2. The molecule has 1 aromatic carbocycles. The summed E-state index contributed by atoms with van der Waals surface area (Å²) in [7, 11) is 0. The van der Waals surface area contributed by atoms with Crippen molar-refractivity contribution in [3.05, 3.63) is 52.7 Å². The van der Waals surface area contributed by atoms with E-state index in [1.807, 2.05) is 0 Å². The number of halogens is 4. The number of hydrogen-bond donors (Lipinski definition) is 2. The molecule has 0 fully saturated rings. The lowest BCUT2D eigenvalue weighted by atomic mass is 10.1. The Hall–Kier alpha value is -2.28. The maximum atomic E-state index is 12.9. The molecule has 1 heterocycles. The number of pyridine rings is 1. The van der Waals surface area contributed by atoms with Gasteiger partial charge < -0.3 is 10.6 Å². The van der Waals surface area contributed by atoms with Gasteiger partial charge in [-0.2, -0.15) is 13.2 Å². The number of carbonyl (C=O) groups excluding carboxylic acids is 1. The van der Waals surface area contributed by atoms with Crippen LogP contribution in [0.15, 0.2) is 36.5 Å². The molecule has 128 valence electrons. The molecule has 2 N–H and O–H groups in total. The zero-order valence-electron chi connectivity index (χ0n) is 12.9. The maximum Gasteiger partial charge on any atom is 0.416 e. The van der Waals surface area contributed by atoms with Gasteiger partial charge in [-0.15, -0.1) is 0 Å². The summed E-state index contributed by atoms with van der Waals surface area (Å²) in [5.41, 5.74) is -0.408. The van der Waals surface area contributed by atoms with Gasteiger partial charge in [0.05, 0.1) is 10.6 Å². The third-order valence-electron chi connectivity index (χ3n) is 3.30. The van der Waals surface area contributed by atoms with Crippen LogP contribution in [0.2, 0.25) is 5.02 Å². The molecule has 1 atom stereocenters. The predicted octanol–water partition coefficient (Wildman–Crippen LogP) is 4.50. The smallest absolute Gasteiger partial charge is 0.374 e. The average Bonchev–Trinajstić information content (AvgIpc) is 2.50. The highest BCUT2D eigenvalue weighted by molar-refractivity contribution is 6.30. The van der Waals surface area contributed by atoms with Gasteiger partial charge in [-0.05, 0) is 43.7 Å². The number of hydrogen-bond acceptors (Lipinski definition) is 3. The molecule has 0 saturated heterocycles. The molecule has 2 aromatic rings. The number of nitrogens with one attached hydrogen (secondary N) is 2. The fraction of sp³-hybridized carbons (Fsp3) is 0.250. The molecule has 0 saturated carbocycles. The van der Waals surface area contributed by atoms with Gasteiger partial charge in [-0.1, -0.05) is 17.7 Å². The molecular formula is C16H15ClF3N3O. The van der Waals surface area contributed by atoms with Crippen LogP contribution in [-0.2, 0) is 11.0 Å². The Bertz CT molecular complexity index is 732. The Morgan fingerprint density at radius 2 is 1.96 bits per heavy atom. The van der Waals surface area contributed by atoms with Crippen LogP contribution in [0.1, 0.15) is 18.1 Å². The van der Waals surface area contributed by atoms with E-state index in [-0.39, 0.29) is 11.3 Å². The van der Waals surface area contributed by atoms with Crippen LogP contribution < -0.4 is 10.6 Å². The quantitative estimate of drug-likeness (QED) is 0.847. The number of alkyl halides is 3. The van der Waals surface area contributed by atoms with Crippen LogP contribution >= 0.6 is 11.6 Å². The first-order valence-electron chi connectivity index (χ1n) is 7.03. The first-order valence-corrected chi connectivity index (χ1v) is 7.41. The number of aryl methyl sites for hydroxylation is 1. The molecule has 0 radical (unpaired) electrons. The number of aromatic nitrogens is 1. The molecule has 24 heavy (non-hydrogen) atoms. The fourth-order valence-corrected chi connectivity index (χ4v) is 2.13. The van der Waals surface area contributed by atoms with E-state index in [9.17, 15) is 18.0 Å². The summed E-state index contributed by atoms with van der Waals surface area (Å²) in [6, 6.07) is 6.18. The largest absolute Gasteiger partial charge is 0.416 e. The summed E-state index contributed by atoms with van der Waals surface area (Å²) >= 11 is 5.70. The number of rotatable bonds is 4. The van der Waals surface area contributed by atoms with E-state index in [4.69, 9.17) is 11.6 Å². The van der Waals surface area contributed by atoms with E-state index in [0.717, 1.165) is 6.07 Å². The third-order valence-corrected chi connectivity index (χ3v) is 3.52. The van der Waals surface area contributed by atoms with Gasteiger partial charge in [0.2, 0.25) is 5.91 Å². The van der Waals surface area contributed by atoms with Crippen molar-refractivity contribution in [2.75, 3.05) is 10.6 Å². The Morgan fingerprint density at radius 1 is 1.25 bits per heavy atom. The van der Waals surface area contributed by atoms with Crippen LogP contribution in [-0.4, -0.2) is 16.9 Å². The van der Waals surface area contributed by atoms with Crippen molar-refractivity contribution in [3.63, 3.8) is 0 Å². The van der Waals surface area contributed by atoms with Crippen molar-refractivity contribution in [2.24, 2.45) is 0 Å². The molecule has 1 unspecified atom stereocenters. The van der Waals surface area contributed by atoms with E-state index in [0.29, 0.717) is 10.8 Å². The lowest BCUT2D eigenvalue weighted by Crippen LogP contribution is -2.32. The number of anilines is 2. The second kappa shape index (κ2) is 7.09. The summed E-state index contributed by atoms with van der Waals surface area (Å²) in [4.78, 5) is 16.0. The maximum absolute atomic E-state index is 12.9. The Labute approximate surface area is 142 Å². The number of nitrogens with zero attached hydrogens (tertiary/aromatic N) is 1. The Morgan fingerprint density at radius 3 is 2.54 bits per heavy atom. The molecule has 1 amide bonds. The lowest BCUT2D eigenvalue weighted by molar-refractivity contribution is -0.138. The van der Waals surface area contributed by atoms with E-state index >= 15 is 0 Å². The summed E-state index contributed by atoms with van der Waals surface area (Å²) in [5, 5.41) is 5.73. The second-order valence-corrected chi connectivity index (χ2v) is 5.68. The second-order valence-electron chi connectivity index (χ2n) is 5.24. The van der Waals surface area contributed by atoms with Crippen LogP contribution in [0, 0.1) is 6.92 Å². The summed E-state index contributed by atoms with van der Waals surface area (Å²) in [5.74, 6) is -0.128. The van der Waals surface area contributed by atoms with Gasteiger partial charge >= 0.3 is 6.18 Å². The lowest BCUT2D eigenvalue weighted by Gasteiger charge is -2.17. The third kappa shape index (κ3) is 4.61. The minimum Gasteiger partial charge on any atom is -0.374 e. The highest BCUT2D eigenvalue weighted by Crippen LogP contribution is 2.33. The summed E-state index contributed by atoms with van der Waals surface area (Å²) in [6.07, 6.45) is -3.06. The van der Waals surface area contributed by atoms with Gasteiger partial charge in [0, 0.05) is 11.9 Å². The summed E-state index contributed by atoms with van der Waals surface area (Å²) < 4.78 is 38.8. The molecule has 4 nitrogen and oxygen atoms in total. The SMILES string of the molecule is Cc1ccc(NC(C)C(=O)Nc2ccc(Cl)cn2)cc1C(F)(F)F. The molecule has 8 heteroatoms. The molecule has 2 rings (SSSR count). The van der Waals surface area contributed by atoms with E-state index in [1.54, 1.807) is 13.0 Å². The molecule has 0 spiro atoms. The van der Waals surface area contributed by atoms with E-state index in [1.165, 1.54) is 31.3 Å². The van der Waals surface area contributed by atoms with Crippen molar-refractivity contribution < 1.29 is 18.0 Å². The first kappa shape index (κ1) is 18.1. The molecule has 0 aliphatic carbocycles. The van der Waals surface area contributed by atoms with Crippen molar-refractivity contribution in [3.8, 4) is 0 Å². The topological polar surface area (TPSA) is 54.0 Å². The predicted molar refractivity (Wildman–Crippen MR) is 87.1 cm³/mol. The monoisotopic (exact) mass is 357 g/mol. The average molecular weight is 358 g/mol. The van der Waals surface area contributed by atoms with Gasteiger partial charge in [0.1, 0.15) is 11.9 Å². The van der Waals surface area contributed by atoms with Crippen molar-refractivity contribution in [1.29, 1.82) is 0 Å². The molecule has 0 aliphatic rings. The van der Waals surface area contributed by atoms with Gasteiger partial charge in [-0.25, -0.2) is 4.98 Å². The van der Waals surface area contributed by atoms with Gasteiger partial charge in [0.25, 0.3) is 0 Å². The van der Waals surface area contributed by atoms with Crippen LogP contribution in [0.4, 0.5) is 24.7 Å². The zero-order valence-corrected chi connectivity index (χ0v) is 13.7. The van der Waals surface area contributed by atoms with Crippen molar-refractivity contribution in [1.82, 2.24) is 4.98 Å². The molecular weight excluding hydrogens is 343 g/mol. The van der Waals surface area contributed by atoms with Crippen LogP contribution in [0.3, 0.4) is 0 Å². The van der Waals surface area contributed by atoms with Crippen LogP contribution in [0.25, 0.3) is 0 Å². The van der Waals surface area contributed by atoms with Crippen molar-refractivity contribution >= 4 is 29.0 Å². The highest BCUT2D eigenvalue weighted by Gasteiger charge is 2.32. The number of amides is 1. The molecule has 0 aliphatic heterocycles. The number of carbonyl (C=O) groups is 1. The van der Waals surface area contributed by atoms with Crippen molar-refractivity contribution in [2.45, 2.75) is 26.1 Å². The van der Waals surface area contributed by atoms with E-state index in [2.05, 4.69) is 15.6 Å². The minimum atomic E-state index is -4.44. The Balaban J connectivity index is 2.07. The van der Waals surface area contributed by atoms with E-state index < -0.39 is 23.7 Å². The normalized spacial score (nSPS) is 12.6. The highest BCUT2D eigenvalue weighted by atomic mass is 35.5. The van der Waals surface area contributed by atoms with Gasteiger partial charge in [-0.3, -0.25) is 4.79 Å². The standard InChI is InChI=1S/C16H15ClF3N3O/c1-9-3-5-12(7-13(9)16(18,19)20)22-10(2)15(24)23-14-6-4-11(17)8-21-14/h3-8,10,22H,1-2H3,(H,21,23,24). The zero-order chi connectivity index (χ0) is 17.9. The molecule has 0 bridgehead atoms. The Kier molecular flexibility index (Phi) is 5.33. The summed E-state index contributed by atoms with van der Waals surface area (Å²) in [6.45, 7) is 2.92. The van der Waals surface area contributed by atoms with Gasteiger partial charge in [0.15, 0.2) is 0 Å². The molecule has 1 aromatic heterocycles. The fourth-order valence-electron chi connectivity index (χ4n) is 2.02. The minimum absolute atomic E-state index is 0.121. The van der Waals surface area contributed by atoms with Crippen LogP contribution in [0.5, 0.6) is 0 Å².